The molecule has 0 unspecified atom stereocenters. The van der Waals surface area contributed by atoms with Crippen molar-refractivity contribution >= 4 is 39.3 Å². The first kappa shape index (κ1) is 17.7. The zero-order chi connectivity index (χ0) is 18.4. The molecule has 0 radical (unpaired) electrons. The van der Waals surface area contributed by atoms with Gasteiger partial charge in [-0.3, -0.25) is 14.2 Å². The number of carbonyl (C=O) groups excluding carboxylic acids is 1. The van der Waals surface area contributed by atoms with Gasteiger partial charge in [-0.1, -0.05) is 11.8 Å². The normalized spacial score (nSPS) is 25.1. The van der Waals surface area contributed by atoms with Gasteiger partial charge in [0.15, 0.2) is 5.16 Å². The van der Waals surface area contributed by atoms with Crippen molar-refractivity contribution in [2.75, 3.05) is 13.2 Å². The monoisotopic (exact) mass is 406 g/mol. The van der Waals surface area contributed by atoms with Crippen molar-refractivity contribution in [2.45, 2.75) is 68.0 Å². The number of aromatic nitrogens is 2. The van der Waals surface area contributed by atoms with Crippen LogP contribution in [0, 0.1) is 0 Å². The number of fused-ring (bicyclic) bond motifs is 3. The number of thiophene rings is 1. The molecule has 0 amide bonds. The number of rotatable bonds is 4. The molecule has 6 nitrogen and oxygen atoms in total. The molecule has 0 bridgehead atoms. The summed E-state index contributed by atoms with van der Waals surface area (Å²) in [5.74, 6) is -0.205. The van der Waals surface area contributed by atoms with Gasteiger partial charge in [0.25, 0.3) is 5.56 Å². The first-order valence-electron chi connectivity index (χ1n) is 9.70. The molecule has 3 aliphatic rings. The number of hydrogen-bond donors (Lipinski definition) is 0. The number of aryl methyl sites for hydroxylation is 2. The van der Waals surface area contributed by atoms with Crippen LogP contribution < -0.4 is 5.56 Å². The van der Waals surface area contributed by atoms with Gasteiger partial charge in [-0.15, -0.1) is 11.3 Å². The second kappa shape index (κ2) is 7.22. The van der Waals surface area contributed by atoms with Crippen LogP contribution in [0.15, 0.2) is 9.95 Å². The molecule has 8 heteroatoms. The second-order valence-corrected chi connectivity index (χ2v) is 9.65. The summed E-state index contributed by atoms with van der Waals surface area (Å²) < 4.78 is 12.6. The summed E-state index contributed by atoms with van der Waals surface area (Å²) >= 11 is 3.03. The predicted octanol–water partition coefficient (Wildman–Crippen LogP) is 2.92. The van der Waals surface area contributed by atoms with Crippen LogP contribution in [0.4, 0.5) is 0 Å². The smallest absolute Gasteiger partial charge is 0.319 e. The maximum Gasteiger partial charge on any atom is 0.319 e. The van der Waals surface area contributed by atoms with E-state index in [1.807, 2.05) is 0 Å². The highest BCUT2D eigenvalue weighted by Gasteiger charge is 2.31. The van der Waals surface area contributed by atoms with E-state index in [1.165, 1.54) is 28.6 Å². The van der Waals surface area contributed by atoms with E-state index in [2.05, 4.69) is 0 Å². The highest BCUT2D eigenvalue weighted by atomic mass is 32.2. The number of nitrogens with zero attached hydrogens (tertiary/aromatic N) is 2. The molecule has 4 heterocycles. The number of hydrogen-bond acceptors (Lipinski definition) is 7. The maximum absolute atomic E-state index is 13.5. The molecular weight excluding hydrogens is 384 g/mol. The minimum absolute atomic E-state index is 0.0313. The van der Waals surface area contributed by atoms with Crippen molar-refractivity contribution in [3.8, 4) is 0 Å². The van der Waals surface area contributed by atoms with Gasteiger partial charge in [0, 0.05) is 17.9 Å². The van der Waals surface area contributed by atoms with Crippen molar-refractivity contribution in [1.29, 1.82) is 0 Å². The number of thioether (sulfide) groups is 1. The van der Waals surface area contributed by atoms with E-state index in [1.54, 1.807) is 15.9 Å². The van der Waals surface area contributed by atoms with Gasteiger partial charge < -0.3 is 9.47 Å². The second-order valence-electron chi connectivity index (χ2n) is 7.40. The van der Waals surface area contributed by atoms with Gasteiger partial charge in [-0.2, -0.15) is 0 Å². The Morgan fingerprint density at radius 2 is 2.04 bits per heavy atom. The molecule has 0 aromatic carbocycles. The van der Waals surface area contributed by atoms with Gasteiger partial charge in [0.2, 0.25) is 0 Å². The van der Waals surface area contributed by atoms with E-state index < -0.39 is 0 Å². The fourth-order valence-corrected chi connectivity index (χ4v) is 6.55. The lowest BCUT2D eigenvalue weighted by Gasteiger charge is -2.17. The Morgan fingerprint density at radius 1 is 1.15 bits per heavy atom. The van der Waals surface area contributed by atoms with Gasteiger partial charge in [-0.25, -0.2) is 4.98 Å². The molecular formula is C19H22N2O4S2. The van der Waals surface area contributed by atoms with Crippen LogP contribution in [0.2, 0.25) is 0 Å². The fourth-order valence-electron chi connectivity index (χ4n) is 4.17. The van der Waals surface area contributed by atoms with Gasteiger partial charge in [0.1, 0.15) is 10.1 Å². The summed E-state index contributed by atoms with van der Waals surface area (Å²) in [4.78, 5) is 32.4. The summed E-state index contributed by atoms with van der Waals surface area (Å²) in [6.07, 6.45) is 7.02. The molecule has 2 aromatic heterocycles. The predicted molar refractivity (Wildman–Crippen MR) is 105 cm³/mol. The Bertz CT molecular complexity index is 945. The van der Waals surface area contributed by atoms with Crippen molar-refractivity contribution in [3.05, 3.63) is 20.8 Å². The van der Waals surface area contributed by atoms with Crippen LogP contribution in [0.5, 0.6) is 0 Å². The molecule has 0 spiro atoms. The van der Waals surface area contributed by atoms with E-state index in [0.717, 1.165) is 48.9 Å². The Kier molecular flexibility index (Phi) is 4.73. The van der Waals surface area contributed by atoms with E-state index in [-0.39, 0.29) is 22.9 Å². The molecule has 2 aromatic rings. The van der Waals surface area contributed by atoms with Gasteiger partial charge >= 0.3 is 5.97 Å². The van der Waals surface area contributed by atoms with Crippen LogP contribution in [0.1, 0.15) is 42.5 Å². The zero-order valence-electron chi connectivity index (χ0n) is 15.1. The van der Waals surface area contributed by atoms with Crippen LogP contribution in [-0.4, -0.2) is 40.1 Å². The molecule has 5 rings (SSSR count). The molecule has 144 valence electrons. The molecule has 2 fully saturated rings. The number of cyclic esters (lactones) is 1. The van der Waals surface area contributed by atoms with Crippen LogP contribution in [0.25, 0.3) is 10.2 Å². The Balaban J connectivity index is 1.61. The summed E-state index contributed by atoms with van der Waals surface area (Å²) in [5, 5.41) is 1.15. The Hall–Kier alpha value is -1.38. The van der Waals surface area contributed by atoms with E-state index in [9.17, 15) is 9.59 Å². The molecule has 1 aliphatic carbocycles. The van der Waals surface area contributed by atoms with Gasteiger partial charge in [0.05, 0.1) is 24.6 Å². The molecule has 2 saturated heterocycles. The van der Waals surface area contributed by atoms with E-state index in [0.29, 0.717) is 24.7 Å². The lowest BCUT2D eigenvalue weighted by molar-refractivity contribution is -0.137. The quantitative estimate of drug-likeness (QED) is 0.574. The highest BCUT2D eigenvalue weighted by Crippen LogP contribution is 2.36. The third-order valence-corrected chi connectivity index (χ3v) is 8.01. The molecule has 27 heavy (non-hydrogen) atoms. The van der Waals surface area contributed by atoms with Crippen molar-refractivity contribution in [2.24, 2.45) is 0 Å². The third-order valence-electron chi connectivity index (χ3n) is 5.58. The van der Waals surface area contributed by atoms with E-state index in [4.69, 9.17) is 14.5 Å². The van der Waals surface area contributed by atoms with Crippen molar-refractivity contribution in [3.63, 3.8) is 0 Å². The maximum atomic E-state index is 13.5. The standard InChI is InChI=1S/C19H22N2O4S2/c22-17-15-12-5-1-2-6-13(12)26-16(15)20-19(27-14-7-9-25-18(14)23)21(17)10-11-4-3-8-24-11/h11,14H,1-10H2/t11-,14-/m1/s1. The first-order chi connectivity index (χ1) is 13.2. The average molecular weight is 407 g/mol. The lowest BCUT2D eigenvalue weighted by atomic mass is 9.97. The van der Waals surface area contributed by atoms with Crippen LogP contribution >= 0.6 is 23.1 Å². The summed E-state index contributed by atoms with van der Waals surface area (Å²) in [5.41, 5.74) is 1.24. The molecule has 2 atom stereocenters. The minimum atomic E-state index is -0.278. The van der Waals surface area contributed by atoms with Crippen LogP contribution in [-0.2, 0) is 33.7 Å². The molecule has 0 saturated carbocycles. The SMILES string of the molecule is O=C1OCC[C@H]1Sc1nc2sc3c(c2c(=O)n1C[C@H]1CCCO1)CCCC3. The van der Waals surface area contributed by atoms with Crippen LogP contribution in [0.3, 0.4) is 0 Å². The fraction of sp³-hybridized carbons (Fsp3) is 0.632. The Morgan fingerprint density at radius 3 is 2.81 bits per heavy atom. The third kappa shape index (κ3) is 3.21. The summed E-state index contributed by atoms with van der Waals surface area (Å²) in [6, 6.07) is 0. The topological polar surface area (TPSA) is 70.4 Å². The summed E-state index contributed by atoms with van der Waals surface area (Å²) in [6.45, 7) is 1.71. The van der Waals surface area contributed by atoms with Crippen molar-refractivity contribution in [1.82, 2.24) is 9.55 Å². The molecule has 0 N–H and O–H groups in total. The first-order valence-corrected chi connectivity index (χ1v) is 11.4. The Labute approximate surface area is 165 Å². The summed E-state index contributed by atoms with van der Waals surface area (Å²) in [7, 11) is 0. The molecule has 2 aliphatic heterocycles. The number of ether oxygens (including phenoxy) is 2. The van der Waals surface area contributed by atoms with Gasteiger partial charge in [-0.05, 0) is 44.1 Å². The lowest BCUT2D eigenvalue weighted by Crippen LogP contribution is -2.29. The zero-order valence-corrected chi connectivity index (χ0v) is 16.7. The van der Waals surface area contributed by atoms with Crippen molar-refractivity contribution < 1.29 is 14.3 Å². The average Bonchev–Trinajstić information content (AvgIpc) is 3.39. The largest absolute Gasteiger partial charge is 0.465 e. The highest BCUT2D eigenvalue weighted by molar-refractivity contribution is 8.00. The number of esters is 1. The minimum Gasteiger partial charge on any atom is -0.465 e. The number of carbonyl (C=O) groups is 1. The van der Waals surface area contributed by atoms with E-state index >= 15 is 0 Å².